The van der Waals surface area contributed by atoms with Crippen LogP contribution < -0.4 is 10.6 Å². The largest absolute Gasteiger partial charge is 0.335 e. The Balaban J connectivity index is 1.35. The Hall–Kier alpha value is -2.19. The molecule has 1 aliphatic carbocycles. The van der Waals surface area contributed by atoms with E-state index in [-0.39, 0.29) is 17.9 Å². The van der Waals surface area contributed by atoms with Crippen molar-refractivity contribution < 1.29 is 9.59 Å². The van der Waals surface area contributed by atoms with Crippen molar-refractivity contribution in [2.75, 3.05) is 18.4 Å². The molecule has 9 heteroatoms. The summed E-state index contributed by atoms with van der Waals surface area (Å²) < 4.78 is 0. The minimum Gasteiger partial charge on any atom is -0.335 e. The Kier molecular flexibility index (Phi) is 6.84. The van der Waals surface area contributed by atoms with Gasteiger partial charge >= 0.3 is 6.03 Å². The molecule has 1 aromatic heterocycles. The highest BCUT2D eigenvalue weighted by atomic mass is 35.5. The van der Waals surface area contributed by atoms with Crippen LogP contribution in [0.25, 0.3) is 0 Å². The Morgan fingerprint density at radius 1 is 1.10 bits per heavy atom. The number of nitrogens with one attached hydrogen (secondary N) is 2. The fourth-order valence-electron chi connectivity index (χ4n) is 4.12. The molecule has 0 spiro atoms. The Labute approximate surface area is 185 Å². The number of piperidine rings is 1. The molecule has 0 radical (unpaired) electrons. The Morgan fingerprint density at radius 2 is 1.93 bits per heavy atom. The summed E-state index contributed by atoms with van der Waals surface area (Å²) in [4.78, 5) is 27.1. The van der Waals surface area contributed by atoms with E-state index in [1.54, 1.807) is 24.3 Å². The lowest BCUT2D eigenvalue weighted by Gasteiger charge is -2.33. The Bertz CT molecular complexity index is 899. The standard InChI is InChI=1S/C21H26ClN5O2S/c22-15-7-4-10-17(12-15)23-18(28)20-26-25-19(30-20)14-6-5-11-27(13-14)21(29)24-16-8-2-1-3-9-16/h4,7,10,12,14,16H,1-3,5-6,8-9,11,13H2,(H,23,28)(H,24,29)/t14-/m0/s1. The topological polar surface area (TPSA) is 87.2 Å². The third-order valence-electron chi connectivity index (χ3n) is 5.71. The molecule has 7 nitrogen and oxygen atoms in total. The number of nitrogens with zero attached hydrogens (tertiary/aromatic N) is 3. The third kappa shape index (κ3) is 5.29. The zero-order valence-corrected chi connectivity index (χ0v) is 18.3. The van der Waals surface area contributed by atoms with E-state index in [1.807, 2.05) is 4.90 Å². The predicted molar refractivity (Wildman–Crippen MR) is 118 cm³/mol. The fraction of sp³-hybridized carbons (Fsp3) is 0.524. The van der Waals surface area contributed by atoms with E-state index < -0.39 is 0 Å². The monoisotopic (exact) mass is 447 g/mol. The van der Waals surface area contributed by atoms with Gasteiger partial charge < -0.3 is 15.5 Å². The molecule has 4 rings (SSSR count). The van der Waals surface area contributed by atoms with Crippen LogP contribution in [0.4, 0.5) is 10.5 Å². The van der Waals surface area contributed by atoms with Crippen LogP contribution in [-0.2, 0) is 0 Å². The van der Waals surface area contributed by atoms with Crippen molar-refractivity contribution in [3.8, 4) is 0 Å². The number of halogens is 1. The summed E-state index contributed by atoms with van der Waals surface area (Å²) in [6.07, 6.45) is 7.67. The molecule has 0 bridgehead atoms. The molecule has 0 unspecified atom stereocenters. The average Bonchev–Trinajstić information content (AvgIpc) is 3.25. The summed E-state index contributed by atoms with van der Waals surface area (Å²) in [7, 11) is 0. The van der Waals surface area contributed by atoms with Gasteiger partial charge in [-0.15, -0.1) is 10.2 Å². The van der Waals surface area contributed by atoms with Crippen molar-refractivity contribution in [2.45, 2.75) is 56.9 Å². The van der Waals surface area contributed by atoms with E-state index in [4.69, 9.17) is 11.6 Å². The molecule has 1 saturated carbocycles. The van der Waals surface area contributed by atoms with Gasteiger partial charge in [0.2, 0.25) is 5.01 Å². The van der Waals surface area contributed by atoms with Gasteiger partial charge in [-0.25, -0.2) is 4.79 Å². The molecule has 2 N–H and O–H groups in total. The van der Waals surface area contributed by atoms with Crippen LogP contribution >= 0.6 is 22.9 Å². The van der Waals surface area contributed by atoms with Gasteiger partial charge in [-0.05, 0) is 43.9 Å². The summed E-state index contributed by atoms with van der Waals surface area (Å²) >= 11 is 7.26. The average molecular weight is 448 g/mol. The molecule has 2 heterocycles. The molecule has 3 amide bonds. The van der Waals surface area contributed by atoms with Gasteiger partial charge in [0.25, 0.3) is 5.91 Å². The first-order valence-electron chi connectivity index (χ1n) is 10.5. The van der Waals surface area contributed by atoms with Crippen molar-refractivity contribution in [1.29, 1.82) is 0 Å². The summed E-state index contributed by atoms with van der Waals surface area (Å²) in [5.74, 6) is -0.190. The second-order valence-corrected chi connectivity index (χ2v) is 9.43. The van der Waals surface area contributed by atoms with Gasteiger partial charge in [0.1, 0.15) is 5.01 Å². The Morgan fingerprint density at radius 3 is 2.73 bits per heavy atom. The van der Waals surface area contributed by atoms with E-state index in [2.05, 4.69) is 20.8 Å². The van der Waals surface area contributed by atoms with Gasteiger partial charge in [0.05, 0.1) is 0 Å². The van der Waals surface area contributed by atoms with Gasteiger partial charge in [-0.1, -0.05) is 48.3 Å². The highest BCUT2D eigenvalue weighted by molar-refractivity contribution is 7.13. The smallest absolute Gasteiger partial charge is 0.317 e. The van der Waals surface area contributed by atoms with E-state index >= 15 is 0 Å². The zero-order chi connectivity index (χ0) is 20.9. The van der Waals surface area contributed by atoms with Gasteiger partial charge in [0.15, 0.2) is 0 Å². The van der Waals surface area contributed by atoms with Crippen LogP contribution in [-0.4, -0.2) is 46.2 Å². The van der Waals surface area contributed by atoms with E-state index in [1.165, 1.54) is 30.6 Å². The predicted octanol–water partition coefficient (Wildman–Crippen LogP) is 4.67. The summed E-state index contributed by atoms with van der Waals surface area (Å²) in [5, 5.41) is 16.0. The lowest BCUT2D eigenvalue weighted by Crippen LogP contribution is -2.48. The van der Waals surface area contributed by atoms with E-state index in [0.29, 0.717) is 28.3 Å². The minimum atomic E-state index is -0.302. The highest BCUT2D eigenvalue weighted by Gasteiger charge is 2.29. The first kappa shape index (κ1) is 21.1. The maximum absolute atomic E-state index is 12.7. The van der Waals surface area contributed by atoms with Crippen LogP contribution in [0, 0.1) is 0 Å². The van der Waals surface area contributed by atoms with Crippen LogP contribution in [0.3, 0.4) is 0 Å². The molecule has 30 heavy (non-hydrogen) atoms. The molecule has 1 atom stereocenters. The van der Waals surface area contributed by atoms with Crippen LogP contribution in [0.1, 0.15) is 65.7 Å². The molecule has 1 saturated heterocycles. The maximum Gasteiger partial charge on any atom is 0.317 e. The lowest BCUT2D eigenvalue weighted by atomic mass is 9.95. The summed E-state index contributed by atoms with van der Waals surface area (Å²) in [6, 6.07) is 7.31. The number of rotatable bonds is 4. The minimum absolute atomic E-state index is 0.0232. The molecular formula is C21H26ClN5O2S. The van der Waals surface area contributed by atoms with Crippen molar-refractivity contribution in [1.82, 2.24) is 20.4 Å². The second-order valence-electron chi connectivity index (χ2n) is 7.98. The number of benzene rings is 1. The van der Waals surface area contributed by atoms with Gasteiger partial charge in [-0.3, -0.25) is 4.79 Å². The van der Waals surface area contributed by atoms with Crippen LogP contribution in [0.15, 0.2) is 24.3 Å². The number of hydrogen-bond acceptors (Lipinski definition) is 5. The van der Waals surface area contributed by atoms with E-state index in [9.17, 15) is 9.59 Å². The molecule has 1 aromatic carbocycles. The number of aromatic nitrogens is 2. The molecule has 1 aliphatic heterocycles. The number of hydrogen-bond donors (Lipinski definition) is 2. The van der Waals surface area contributed by atoms with Crippen molar-refractivity contribution in [3.05, 3.63) is 39.3 Å². The van der Waals surface area contributed by atoms with Crippen molar-refractivity contribution in [2.24, 2.45) is 0 Å². The number of urea groups is 1. The number of amides is 3. The molecule has 2 aliphatic rings. The molecular weight excluding hydrogens is 422 g/mol. The van der Waals surface area contributed by atoms with Crippen molar-refractivity contribution in [3.63, 3.8) is 0 Å². The second kappa shape index (κ2) is 9.75. The van der Waals surface area contributed by atoms with Crippen LogP contribution in [0.5, 0.6) is 0 Å². The maximum atomic E-state index is 12.7. The fourth-order valence-corrected chi connectivity index (χ4v) is 5.17. The normalized spacial score (nSPS) is 20.0. The lowest BCUT2D eigenvalue weighted by molar-refractivity contribution is 0.102. The number of carbonyl (C=O) groups excluding carboxylic acids is 2. The number of anilines is 1. The summed E-state index contributed by atoms with van der Waals surface area (Å²) in [6.45, 7) is 1.37. The number of likely N-dealkylation sites (tertiary alicyclic amines) is 1. The molecule has 2 fully saturated rings. The van der Waals surface area contributed by atoms with E-state index in [0.717, 1.165) is 37.2 Å². The van der Waals surface area contributed by atoms with Crippen LogP contribution in [0.2, 0.25) is 5.02 Å². The first-order chi connectivity index (χ1) is 14.6. The summed E-state index contributed by atoms with van der Waals surface area (Å²) in [5.41, 5.74) is 0.618. The quantitative estimate of drug-likeness (QED) is 0.713. The first-order valence-corrected chi connectivity index (χ1v) is 11.7. The molecule has 2 aromatic rings. The highest BCUT2D eigenvalue weighted by Crippen LogP contribution is 2.30. The van der Waals surface area contributed by atoms with Gasteiger partial charge in [-0.2, -0.15) is 0 Å². The molecule has 160 valence electrons. The number of carbonyl (C=O) groups is 2. The SMILES string of the molecule is O=C(Nc1cccc(Cl)c1)c1nnc([C@H]2CCCN(C(=O)NC3CCCCC3)C2)s1. The third-order valence-corrected chi connectivity index (χ3v) is 7.03. The van der Waals surface area contributed by atoms with Gasteiger partial charge in [0, 0.05) is 35.8 Å². The zero-order valence-electron chi connectivity index (χ0n) is 16.8. The van der Waals surface area contributed by atoms with Crippen molar-refractivity contribution >= 4 is 40.6 Å².